The highest BCUT2D eigenvalue weighted by Crippen LogP contribution is 2.28. The van der Waals surface area contributed by atoms with Crippen molar-refractivity contribution in [3.05, 3.63) is 6.42 Å². The first kappa shape index (κ1) is 5.83. The fourth-order valence-electron chi connectivity index (χ4n) is 0.503. The molecule has 1 aliphatic rings. The molecule has 0 aromatic heterocycles. The van der Waals surface area contributed by atoms with Gasteiger partial charge in [0.1, 0.15) is 0 Å². The Kier molecular flexibility index (Phi) is 2.40. The van der Waals surface area contributed by atoms with Gasteiger partial charge in [0.05, 0.1) is 0 Å². The molecule has 1 aliphatic heterocycles. The van der Waals surface area contributed by atoms with Crippen molar-refractivity contribution in [2.24, 2.45) is 0 Å². The lowest BCUT2D eigenvalue weighted by atomic mass is 10.6. The van der Waals surface area contributed by atoms with E-state index < -0.39 is 0 Å². The maximum atomic E-state index is 2.33. The summed E-state index contributed by atoms with van der Waals surface area (Å²) in [7, 11) is 0. The van der Waals surface area contributed by atoms with Gasteiger partial charge in [-0.1, -0.05) is 0 Å². The second kappa shape index (κ2) is 2.88. The normalized spacial score (nSPS) is 25.3. The first-order valence-corrected chi connectivity index (χ1v) is 4.54. The highest BCUT2D eigenvalue weighted by atomic mass is 32.2. The minimum Gasteiger partial charge on any atom is -0.148 e. The highest BCUT2D eigenvalue weighted by molar-refractivity contribution is 8.17. The molecule has 0 N–H and O–H groups in total. The van der Waals surface area contributed by atoms with Crippen molar-refractivity contribution < 1.29 is 0 Å². The quantitative estimate of drug-likeness (QED) is 0.496. The van der Waals surface area contributed by atoms with E-state index in [1.807, 2.05) is 23.5 Å². The Bertz CT molecular complexity index is 48.0. The van der Waals surface area contributed by atoms with E-state index in [4.69, 9.17) is 0 Å². The molecule has 2 heteroatoms. The Balaban J connectivity index is 2.12. The zero-order valence-electron chi connectivity index (χ0n) is 4.39. The van der Waals surface area contributed by atoms with E-state index >= 15 is 0 Å². The number of hydrogen-bond acceptors (Lipinski definition) is 2. The highest BCUT2D eigenvalue weighted by Gasteiger charge is 2.06. The van der Waals surface area contributed by atoms with E-state index in [0.29, 0.717) is 0 Å². The summed E-state index contributed by atoms with van der Waals surface area (Å²) in [6.07, 6.45) is 2.33. The van der Waals surface area contributed by atoms with Crippen molar-refractivity contribution >= 4 is 23.5 Å². The van der Waals surface area contributed by atoms with Gasteiger partial charge >= 0.3 is 0 Å². The molecule has 1 fully saturated rings. The smallest absolute Gasteiger partial charge is 0.0474 e. The van der Waals surface area contributed by atoms with E-state index in [2.05, 4.69) is 13.3 Å². The van der Waals surface area contributed by atoms with Crippen molar-refractivity contribution in [2.45, 2.75) is 11.5 Å². The van der Waals surface area contributed by atoms with Crippen molar-refractivity contribution in [3.63, 3.8) is 0 Å². The summed E-state index contributed by atoms with van der Waals surface area (Å²) in [6, 6.07) is 0. The minimum absolute atomic E-state index is 0.838. The third-order valence-corrected chi connectivity index (χ3v) is 3.51. The topological polar surface area (TPSA) is 0 Å². The number of thioether (sulfide) groups is 2. The van der Waals surface area contributed by atoms with Gasteiger partial charge < -0.3 is 0 Å². The third kappa shape index (κ3) is 1.96. The summed E-state index contributed by atoms with van der Waals surface area (Å²) >= 11 is 4.05. The molecule has 0 nitrogen and oxygen atoms in total. The second-order valence-electron chi connectivity index (χ2n) is 1.52. The van der Waals surface area contributed by atoms with Crippen molar-refractivity contribution in [1.29, 1.82) is 0 Å². The van der Waals surface area contributed by atoms with Crippen LogP contribution in [-0.4, -0.2) is 16.1 Å². The Morgan fingerprint density at radius 1 is 1.43 bits per heavy atom. The van der Waals surface area contributed by atoms with Gasteiger partial charge in [-0.2, -0.15) is 0 Å². The van der Waals surface area contributed by atoms with Crippen LogP contribution >= 0.6 is 23.5 Å². The van der Waals surface area contributed by atoms with Gasteiger partial charge in [0.2, 0.25) is 0 Å². The van der Waals surface area contributed by atoms with E-state index in [1.54, 1.807) is 0 Å². The third-order valence-electron chi connectivity index (χ3n) is 0.898. The zero-order chi connectivity index (χ0) is 5.11. The average molecular weight is 133 g/mol. The summed E-state index contributed by atoms with van der Waals surface area (Å²) in [5.74, 6) is 2.52. The van der Waals surface area contributed by atoms with Gasteiger partial charge in [-0.15, -0.1) is 23.5 Å². The standard InChI is InChI=1S/C5H9S2/c1-5-6-3-2-4-7-5/h2,5H,3-4H2,1H3. The van der Waals surface area contributed by atoms with Crippen LogP contribution in [0.15, 0.2) is 0 Å². The zero-order valence-corrected chi connectivity index (χ0v) is 6.02. The van der Waals surface area contributed by atoms with Gasteiger partial charge in [-0.3, -0.25) is 0 Å². The van der Waals surface area contributed by atoms with Crippen LogP contribution < -0.4 is 0 Å². The average Bonchev–Trinajstić information content (AvgIpc) is 1.69. The van der Waals surface area contributed by atoms with E-state index in [9.17, 15) is 0 Å². The van der Waals surface area contributed by atoms with Gasteiger partial charge in [-0.25, -0.2) is 0 Å². The molecular formula is C5H9S2. The second-order valence-corrected chi connectivity index (χ2v) is 4.57. The fourth-order valence-corrected chi connectivity index (χ4v) is 2.56. The molecule has 41 valence electrons. The molecule has 0 aromatic rings. The molecule has 7 heavy (non-hydrogen) atoms. The Morgan fingerprint density at radius 2 is 2.00 bits per heavy atom. The molecule has 1 saturated heterocycles. The Hall–Kier alpha value is 0.700. The van der Waals surface area contributed by atoms with Crippen LogP contribution in [0.3, 0.4) is 0 Å². The van der Waals surface area contributed by atoms with Crippen molar-refractivity contribution in [1.82, 2.24) is 0 Å². The van der Waals surface area contributed by atoms with E-state index in [1.165, 1.54) is 11.5 Å². The van der Waals surface area contributed by atoms with Crippen molar-refractivity contribution in [3.8, 4) is 0 Å². The van der Waals surface area contributed by atoms with Gasteiger partial charge in [0, 0.05) is 4.58 Å². The fraction of sp³-hybridized carbons (Fsp3) is 0.800. The summed E-state index contributed by atoms with van der Waals surface area (Å²) in [4.78, 5) is 0. The molecule has 0 unspecified atom stereocenters. The lowest BCUT2D eigenvalue weighted by Gasteiger charge is -2.14. The largest absolute Gasteiger partial charge is 0.148 e. The Labute approximate surface area is 53.4 Å². The minimum atomic E-state index is 0.838. The monoisotopic (exact) mass is 133 g/mol. The SMILES string of the molecule is CC1SC[CH]CS1. The molecule has 0 spiro atoms. The molecule has 0 saturated carbocycles. The van der Waals surface area contributed by atoms with Crippen LogP contribution in [-0.2, 0) is 0 Å². The Morgan fingerprint density at radius 3 is 2.29 bits per heavy atom. The predicted octanol–water partition coefficient (Wildman–Crippen LogP) is 2.02. The first-order valence-electron chi connectivity index (χ1n) is 2.44. The molecule has 0 aliphatic carbocycles. The van der Waals surface area contributed by atoms with E-state index in [-0.39, 0.29) is 0 Å². The molecule has 0 amide bonds. The van der Waals surface area contributed by atoms with Gasteiger partial charge in [0.25, 0.3) is 0 Å². The number of rotatable bonds is 0. The van der Waals surface area contributed by atoms with E-state index in [0.717, 1.165) is 4.58 Å². The van der Waals surface area contributed by atoms with Gasteiger partial charge in [-0.05, 0) is 24.9 Å². The van der Waals surface area contributed by atoms with Crippen LogP contribution in [0, 0.1) is 6.42 Å². The molecule has 1 radical (unpaired) electrons. The van der Waals surface area contributed by atoms with Gasteiger partial charge in [0.15, 0.2) is 0 Å². The van der Waals surface area contributed by atoms with Crippen LogP contribution in [0.1, 0.15) is 6.92 Å². The summed E-state index contributed by atoms with van der Waals surface area (Å²) in [6.45, 7) is 2.27. The van der Waals surface area contributed by atoms with Crippen molar-refractivity contribution in [2.75, 3.05) is 11.5 Å². The molecule has 0 aromatic carbocycles. The molecule has 0 atom stereocenters. The van der Waals surface area contributed by atoms with Crippen LogP contribution in [0.5, 0.6) is 0 Å². The summed E-state index contributed by atoms with van der Waals surface area (Å²) in [5, 5.41) is 0. The number of hydrogen-bond donors (Lipinski definition) is 0. The predicted molar refractivity (Wildman–Crippen MR) is 38.7 cm³/mol. The lowest BCUT2D eigenvalue weighted by Crippen LogP contribution is -2.01. The van der Waals surface area contributed by atoms with Crippen LogP contribution in [0.25, 0.3) is 0 Å². The lowest BCUT2D eigenvalue weighted by molar-refractivity contribution is 1.33. The van der Waals surface area contributed by atoms with Crippen LogP contribution in [0.2, 0.25) is 0 Å². The summed E-state index contributed by atoms with van der Waals surface area (Å²) < 4.78 is 0.838. The molecular weight excluding hydrogens is 124 g/mol. The molecule has 1 heterocycles. The maximum absolute atomic E-state index is 2.33. The molecule has 1 rings (SSSR count). The van der Waals surface area contributed by atoms with Crippen LogP contribution in [0.4, 0.5) is 0 Å². The maximum Gasteiger partial charge on any atom is 0.0474 e. The molecule has 0 bridgehead atoms. The summed E-state index contributed by atoms with van der Waals surface area (Å²) in [5.41, 5.74) is 0. The first-order chi connectivity index (χ1) is 3.39.